The summed E-state index contributed by atoms with van der Waals surface area (Å²) in [5, 5.41) is 3.82. The van der Waals surface area contributed by atoms with Crippen molar-refractivity contribution in [3.63, 3.8) is 0 Å². The van der Waals surface area contributed by atoms with E-state index in [4.69, 9.17) is 16.3 Å². The van der Waals surface area contributed by atoms with E-state index in [0.717, 1.165) is 26.2 Å². The lowest BCUT2D eigenvalue weighted by atomic mass is 9.99. The van der Waals surface area contributed by atoms with Gasteiger partial charge in [-0.25, -0.2) is 4.39 Å². The predicted octanol–water partition coefficient (Wildman–Crippen LogP) is 2.33. The van der Waals surface area contributed by atoms with Crippen molar-refractivity contribution in [2.24, 2.45) is 0 Å². The second-order valence-electron chi connectivity index (χ2n) is 5.14. The molecule has 0 saturated carbocycles. The van der Waals surface area contributed by atoms with Gasteiger partial charge >= 0.3 is 0 Å². The molecule has 20 heavy (non-hydrogen) atoms. The molecule has 0 bridgehead atoms. The zero-order valence-corrected chi connectivity index (χ0v) is 12.8. The fraction of sp³-hybridized carbons (Fsp3) is 0.600. The third-order valence-electron chi connectivity index (χ3n) is 3.89. The first-order chi connectivity index (χ1) is 9.63. The Hall–Kier alpha value is -0.680. The van der Waals surface area contributed by atoms with Gasteiger partial charge in [0, 0.05) is 24.2 Å². The summed E-state index contributed by atoms with van der Waals surface area (Å²) in [6, 6.07) is 4.77. The van der Waals surface area contributed by atoms with Crippen molar-refractivity contribution in [3.8, 4) is 0 Å². The van der Waals surface area contributed by atoms with Crippen LogP contribution >= 0.6 is 11.6 Å². The Morgan fingerprint density at radius 1 is 1.55 bits per heavy atom. The maximum Gasteiger partial charge on any atom is 0.126 e. The van der Waals surface area contributed by atoms with E-state index in [1.165, 1.54) is 6.07 Å². The van der Waals surface area contributed by atoms with Crippen LogP contribution in [0.25, 0.3) is 0 Å². The Labute approximate surface area is 125 Å². The smallest absolute Gasteiger partial charge is 0.126 e. The standard InChI is InChI=1S/C15H22ClFN2O/c1-3-19-6-7-20-15(10-19)14(18-2)9-11-8-12(16)4-5-13(11)17/h4-5,8,14-15,18H,3,6-7,9-10H2,1-2H3. The molecule has 0 radical (unpaired) electrons. The fourth-order valence-corrected chi connectivity index (χ4v) is 2.81. The van der Waals surface area contributed by atoms with E-state index in [2.05, 4.69) is 17.1 Å². The summed E-state index contributed by atoms with van der Waals surface area (Å²) in [6.07, 6.45) is 0.651. The molecule has 3 nitrogen and oxygen atoms in total. The van der Waals surface area contributed by atoms with E-state index in [1.54, 1.807) is 12.1 Å². The molecule has 1 aliphatic rings. The Balaban J connectivity index is 2.06. The molecule has 2 unspecified atom stereocenters. The van der Waals surface area contributed by atoms with Crippen LogP contribution in [0.2, 0.25) is 5.02 Å². The van der Waals surface area contributed by atoms with Gasteiger partial charge in [-0.1, -0.05) is 18.5 Å². The van der Waals surface area contributed by atoms with Crippen molar-refractivity contribution in [3.05, 3.63) is 34.6 Å². The molecular weight excluding hydrogens is 279 g/mol. The van der Waals surface area contributed by atoms with Gasteiger partial charge in [0.2, 0.25) is 0 Å². The molecule has 1 fully saturated rings. The summed E-state index contributed by atoms with van der Waals surface area (Å²) < 4.78 is 19.7. The first-order valence-corrected chi connectivity index (χ1v) is 7.47. The topological polar surface area (TPSA) is 24.5 Å². The van der Waals surface area contributed by atoms with Gasteiger partial charge in [-0.2, -0.15) is 0 Å². The summed E-state index contributed by atoms with van der Waals surface area (Å²) in [5.41, 5.74) is 0.633. The van der Waals surface area contributed by atoms with E-state index in [9.17, 15) is 4.39 Å². The van der Waals surface area contributed by atoms with Crippen LogP contribution in [0.1, 0.15) is 12.5 Å². The molecular formula is C15H22ClFN2O. The molecule has 0 amide bonds. The van der Waals surface area contributed by atoms with Crippen LogP contribution < -0.4 is 5.32 Å². The fourth-order valence-electron chi connectivity index (χ4n) is 2.62. The number of likely N-dealkylation sites (N-methyl/N-ethyl adjacent to an activating group) is 2. The number of rotatable bonds is 5. The Bertz CT molecular complexity index is 444. The summed E-state index contributed by atoms with van der Waals surface area (Å²) in [7, 11) is 1.89. The maximum atomic E-state index is 13.8. The molecule has 1 aliphatic heterocycles. The van der Waals surface area contributed by atoms with Crippen molar-refractivity contribution in [1.29, 1.82) is 0 Å². The lowest BCUT2D eigenvalue weighted by Gasteiger charge is -2.36. The van der Waals surface area contributed by atoms with Gasteiger partial charge in [0.1, 0.15) is 5.82 Å². The lowest BCUT2D eigenvalue weighted by Crippen LogP contribution is -2.52. The Morgan fingerprint density at radius 3 is 3.05 bits per heavy atom. The van der Waals surface area contributed by atoms with Crippen molar-refractivity contribution in [2.75, 3.05) is 33.3 Å². The molecule has 1 heterocycles. The van der Waals surface area contributed by atoms with Crippen LogP contribution in [0, 0.1) is 5.82 Å². The second kappa shape index (κ2) is 7.36. The SMILES string of the molecule is CCN1CCOC(C(Cc2cc(Cl)ccc2F)NC)C1. The van der Waals surface area contributed by atoms with Crippen molar-refractivity contribution in [2.45, 2.75) is 25.5 Å². The molecule has 2 atom stereocenters. The second-order valence-corrected chi connectivity index (χ2v) is 5.57. The van der Waals surface area contributed by atoms with Crippen LogP contribution in [0.15, 0.2) is 18.2 Å². The minimum absolute atomic E-state index is 0.0760. The van der Waals surface area contributed by atoms with Gasteiger partial charge in [0.25, 0.3) is 0 Å². The summed E-state index contributed by atoms with van der Waals surface area (Å²) in [5.74, 6) is -0.210. The van der Waals surface area contributed by atoms with E-state index >= 15 is 0 Å². The highest BCUT2D eigenvalue weighted by molar-refractivity contribution is 6.30. The van der Waals surface area contributed by atoms with Crippen LogP contribution in [0.5, 0.6) is 0 Å². The van der Waals surface area contributed by atoms with Crippen LogP contribution in [0.3, 0.4) is 0 Å². The normalized spacial score (nSPS) is 21.9. The maximum absolute atomic E-state index is 13.8. The zero-order valence-electron chi connectivity index (χ0n) is 12.0. The molecule has 0 spiro atoms. The van der Waals surface area contributed by atoms with Gasteiger partial charge in [-0.15, -0.1) is 0 Å². The number of halogens is 2. The highest BCUT2D eigenvalue weighted by Crippen LogP contribution is 2.19. The molecule has 5 heteroatoms. The molecule has 1 aromatic carbocycles. The molecule has 112 valence electrons. The van der Waals surface area contributed by atoms with E-state index in [1.807, 2.05) is 7.05 Å². The number of ether oxygens (including phenoxy) is 1. The predicted molar refractivity (Wildman–Crippen MR) is 79.8 cm³/mol. The highest BCUT2D eigenvalue weighted by atomic mass is 35.5. The Kier molecular flexibility index (Phi) is 5.78. The summed E-state index contributed by atoms with van der Waals surface area (Å²) in [4.78, 5) is 2.35. The molecule has 1 saturated heterocycles. The van der Waals surface area contributed by atoms with E-state index in [0.29, 0.717) is 17.0 Å². The van der Waals surface area contributed by atoms with Crippen LogP contribution in [-0.4, -0.2) is 50.3 Å². The zero-order chi connectivity index (χ0) is 14.5. The number of morpholine rings is 1. The molecule has 0 aromatic heterocycles. The number of nitrogens with one attached hydrogen (secondary N) is 1. The minimum Gasteiger partial charge on any atom is -0.374 e. The highest BCUT2D eigenvalue weighted by Gasteiger charge is 2.27. The summed E-state index contributed by atoms with van der Waals surface area (Å²) >= 11 is 5.95. The van der Waals surface area contributed by atoms with Gasteiger partial charge in [0.15, 0.2) is 0 Å². The van der Waals surface area contributed by atoms with Gasteiger partial charge in [-0.3, -0.25) is 4.90 Å². The summed E-state index contributed by atoms with van der Waals surface area (Å²) in [6.45, 7) is 5.74. The third-order valence-corrected chi connectivity index (χ3v) is 4.13. The van der Waals surface area contributed by atoms with Crippen LogP contribution in [-0.2, 0) is 11.2 Å². The van der Waals surface area contributed by atoms with Crippen molar-refractivity contribution in [1.82, 2.24) is 10.2 Å². The first-order valence-electron chi connectivity index (χ1n) is 7.09. The van der Waals surface area contributed by atoms with Crippen molar-refractivity contribution >= 4 is 11.6 Å². The monoisotopic (exact) mass is 300 g/mol. The Morgan fingerprint density at radius 2 is 2.35 bits per heavy atom. The van der Waals surface area contributed by atoms with E-state index in [-0.39, 0.29) is 18.0 Å². The minimum atomic E-state index is -0.210. The average Bonchev–Trinajstić information content (AvgIpc) is 2.48. The van der Waals surface area contributed by atoms with Gasteiger partial charge < -0.3 is 10.1 Å². The van der Waals surface area contributed by atoms with Gasteiger partial charge in [-0.05, 0) is 43.8 Å². The largest absolute Gasteiger partial charge is 0.374 e. The van der Waals surface area contributed by atoms with Crippen LogP contribution in [0.4, 0.5) is 4.39 Å². The lowest BCUT2D eigenvalue weighted by molar-refractivity contribution is -0.0437. The quantitative estimate of drug-likeness (QED) is 0.903. The van der Waals surface area contributed by atoms with Gasteiger partial charge in [0.05, 0.1) is 12.7 Å². The number of nitrogens with zero attached hydrogens (tertiary/aromatic N) is 1. The first kappa shape index (κ1) is 15.7. The van der Waals surface area contributed by atoms with Crippen molar-refractivity contribution < 1.29 is 9.13 Å². The average molecular weight is 301 g/mol. The van der Waals surface area contributed by atoms with E-state index < -0.39 is 0 Å². The number of benzene rings is 1. The molecule has 1 aromatic rings. The number of hydrogen-bond acceptors (Lipinski definition) is 3. The number of hydrogen-bond donors (Lipinski definition) is 1. The molecule has 2 rings (SSSR count). The molecule has 0 aliphatic carbocycles. The molecule has 1 N–H and O–H groups in total. The third kappa shape index (κ3) is 3.92.